The highest BCUT2D eigenvalue weighted by Gasteiger charge is 2.05. The molecule has 0 amide bonds. The van der Waals surface area contributed by atoms with Crippen LogP contribution in [-0.2, 0) is 0 Å². The van der Waals surface area contributed by atoms with Gasteiger partial charge >= 0.3 is 0 Å². The van der Waals surface area contributed by atoms with Crippen LogP contribution in [0.15, 0.2) is 18.3 Å². The Hall–Kier alpha value is -1.69. The third-order valence-electron chi connectivity index (χ3n) is 1.93. The summed E-state index contributed by atoms with van der Waals surface area (Å²) in [7, 11) is 3.98. The Bertz CT molecular complexity index is 338. The monoisotopic (exact) mass is 225 g/mol. The highest BCUT2D eigenvalue weighted by molar-refractivity contribution is 5.28. The van der Waals surface area contributed by atoms with Crippen LogP contribution in [0.2, 0.25) is 0 Å². The number of aromatic nitrogens is 1. The molecule has 0 spiro atoms. The van der Waals surface area contributed by atoms with Gasteiger partial charge in [0.25, 0.3) is 5.69 Å². The third-order valence-corrected chi connectivity index (χ3v) is 1.93. The van der Waals surface area contributed by atoms with Gasteiger partial charge in [-0.25, -0.2) is 4.98 Å². The van der Waals surface area contributed by atoms with E-state index in [4.69, 9.17) is 4.74 Å². The molecule has 16 heavy (non-hydrogen) atoms. The van der Waals surface area contributed by atoms with Gasteiger partial charge in [-0.2, -0.15) is 0 Å². The SMILES string of the molecule is CN(C)CCCOc1ccc([N+](=O)[O-])cn1. The van der Waals surface area contributed by atoms with Gasteiger partial charge in [0, 0.05) is 18.7 Å². The second-order valence-corrected chi connectivity index (χ2v) is 3.62. The van der Waals surface area contributed by atoms with E-state index < -0.39 is 4.92 Å². The van der Waals surface area contributed by atoms with E-state index in [1.54, 1.807) is 0 Å². The lowest BCUT2D eigenvalue weighted by Crippen LogP contribution is -2.15. The fourth-order valence-corrected chi connectivity index (χ4v) is 1.12. The summed E-state index contributed by atoms with van der Waals surface area (Å²) < 4.78 is 5.33. The van der Waals surface area contributed by atoms with Gasteiger partial charge in [-0.05, 0) is 20.5 Å². The number of nitrogens with zero attached hydrogens (tertiary/aromatic N) is 3. The largest absolute Gasteiger partial charge is 0.478 e. The Balaban J connectivity index is 2.35. The minimum Gasteiger partial charge on any atom is -0.478 e. The lowest BCUT2D eigenvalue weighted by atomic mass is 10.4. The predicted molar refractivity (Wildman–Crippen MR) is 59.6 cm³/mol. The first-order valence-electron chi connectivity index (χ1n) is 4.97. The van der Waals surface area contributed by atoms with Crippen LogP contribution in [0, 0.1) is 10.1 Å². The molecule has 1 aromatic rings. The molecular formula is C10H15N3O3. The van der Waals surface area contributed by atoms with Crippen LogP contribution in [0.5, 0.6) is 5.88 Å². The Morgan fingerprint density at radius 2 is 2.25 bits per heavy atom. The molecule has 1 aromatic heterocycles. The van der Waals surface area contributed by atoms with Crippen LogP contribution < -0.4 is 4.74 Å². The lowest BCUT2D eigenvalue weighted by Gasteiger charge is -2.09. The average molecular weight is 225 g/mol. The van der Waals surface area contributed by atoms with E-state index in [-0.39, 0.29) is 5.69 Å². The van der Waals surface area contributed by atoms with Gasteiger partial charge < -0.3 is 9.64 Å². The van der Waals surface area contributed by atoms with Crippen molar-refractivity contribution in [1.29, 1.82) is 0 Å². The van der Waals surface area contributed by atoms with Crippen LogP contribution in [0.3, 0.4) is 0 Å². The number of rotatable bonds is 6. The average Bonchev–Trinajstić information content (AvgIpc) is 2.25. The topological polar surface area (TPSA) is 68.5 Å². The summed E-state index contributed by atoms with van der Waals surface area (Å²) in [5, 5.41) is 10.4. The second-order valence-electron chi connectivity index (χ2n) is 3.62. The van der Waals surface area contributed by atoms with E-state index in [1.807, 2.05) is 14.1 Å². The van der Waals surface area contributed by atoms with Crippen molar-refractivity contribution in [1.82, 2.24) is 9.88 Å². The van der Waals surface area contributed by atoms with Crippen molar-refractivity contribution in [2.24, 2.45) is 0 Å². The summed E-state index contributed by atoms with van der Waals surface area (Å²) in [5.41, 5.74) is -0.0272. The van der Waals surface area contributed by atoms with E-state index in [9.17, 15) is 10.1 Å². The number of nitro groups is 1. The van der Waals surface area contributed by atoms with Crippen molar-refractivity contribution in [2.45, 2.75) is 6.42 Å². The van der Waals surface area contributed by atoms with Crippen LogP contribution in [0.25, 0.3) is 0 Å². The highest BCUT2D eigenvalue weighted by atomic mass is 16.6. The predicted octanol–water partition coefficient (Wildman–Crippen LogP) is 1.32. The zero-order valence-corrected chi connectivity index (χ0v) is 9.42. The minimum absolute atomic E-state index is 0.0272. The summed E-state index contributed by atoms with van der Waals surface area (Å²) in [4.78, 5) is 15.8. The standard InChI is InChI=1S/C10H15N3O3/c1-12(2)6-3-7-16-10-5-4-9(8-11-10)13(14)15/h4-5,8H,3,6-7H2,1-2H3. The Kier molecular flexibility index (Phi) is 4.65. The lowest BCUT2D eigenvalue weighted by molar-refractivity contribution is -0.385. The van der Waals surface area contributed by atoms with Gasteiger partial charge in [0.1, 0.15) is 6.20 Å². The van der Waals surface area contributed by atoms with Crippen molar-refractivity contribution in [3.8, 4) is 5.88 Å². The number of hydrogen-bond donors (Lipinski definition) is 0. The Morgan fingerprint density at radius 1 is 1.50 bits per heavy atom. The zero-order chi connectivity index (χ0) is 12.0. The van der Waals surface area contributed by atoms with Gasteiger partial charge in [0.15, 0.2) is 0 Å². The van der Waals surface area contributed by atoms with E-state index in [0.29, 0.717) is 12.5 Å². The number of ether oxygens (including phenoxy) is 1. The maximum atomic E-state index is 10.4. The molecule has 0 aliphatic rings. The summed E-state index contributed by atoms with van der Waals surface area (Å²) >= 11 is 0. The van der Waals surface area contributed by atoms with Gasteiger partial charge in [-0.1, -0.05) is 0 Å². The number of pyridine rings is 1. The van der Waals surface area contributed by atoms with Crippen LogP contribution in [-0.4, -0.2) is 42.1 Å². The molecular weight excluding hydrogens is 210 g/mol. The molecule has 1 rings (SSSR count). The van der Waals surface area contributed by atoms with Gasteiger partial charge in [-0.15, -0.1) is 0 Å². The molecule has 0 atom stereocenters. The van der Waals surface area contributed by atoms with E-state index >= 15 is 0 Å². The van der Waals surface area contributed by atoms with Crippen molar-refractivity contribution < 1.29 is 9.66 Å². The molecule has 1 heterocycles. The normalized spacial score (nSPS) is 10.4. The zero-order valence-electron chi connectivity index (χ0n) is 9.42. The van der Waals surface area contributed by atoms with Crippen molar-refractivity contribution >= 4 is 5.69 Å². The maximum Gasteiger partial charge on any atom is 0.287 e. The molecule has 0 radical (unpaired) electrons. The molecule has 0 bridgehead atoms. The highest BCUT2D eigenvalue weighted by Crippen LogP contribution is 2.13. The quantitative estimate of drug-likeness (QED) is 0.415. The smallest absolute Gasteiger partial charge is 0.287 e. The molecule has 0 aromatic carbocycles. The molecule has 0 saturated carbocycles. The van der Waals surface area contributed by atoms with Crippen LogP contribution in [0.1, 0.15) is 6.42 Å². The Morgan fingerprint density at radius 3 is 2.75 bits per heavy atom. The van der Waals surface area contributed by atoms with Gasteiger partial charge in [-0.3, -0.25) is 10.1 Å². The van der Waals surface area contributed by atoms with Crippen molar-refractivity contribution in [3.63, 3.8) is 0 Å². The molecule has 0 aliphatic heterocycles. The second kappa shape index (κ2) is 6.02. The minimum atomic E-state index is -0.483. The molecule has 0 N–H and O–H groups in total. The first-order chi connectivity index (χ1) is 7.59. The number of hydrogen-bond acceptors (Lipinski definition) is 5. The molecule has 0 saturated heterocycles. The molecule has 88 valence electrons. The molecule has 0 aliphatic carbocycles. The molecule has 0 fully saturated rings. The molecule has 0 unspecified atom stereocenters. The summed E-state index contributed by atoms with van der Waals surface area (Å²) in [5.74, 6) is 0.421. The van der Waals surface area contributed by atoms with Crippen LogP contribution >= 0.6 is 0 Å². The van der Waals surface area contributed by atoms with E-state index in [1.165, 1.54) is 18.3 Å². The van der Waals surface area contributed by atoms with Crippen molar-refractivity contribution in [3.05, 3.63) is 28.4 Å². The summed E-state index contributed by atoms with van der Waals surface area (Å²) in [6.07, 6.45) is 2.09. The van der Waals surface area contributed by atoms with E-state index in [2.05, 4.69) is 9.88 Å². The fraction of sp³-hybridized carbons (Fsp3) is 0.500. The van der Waals surface area contributed by atoms with Gasteiger partial charge in [0.05, 0.1) is 11.5 Å². The third kappa shape index (κ3) is 4.22. The Labute approximate surface area is 94.0 Å². The van der Waals surface area contributed by atoms with E-state index in [0.717, 1.165) is 13.0 Å². The molecule has 6 heteroatoms. The van der Waals surface area contributed by atoms with Gasteiger partial charge in [0.2, 0.25) is 5.88 Å². The molecule has 6 nitrogen and oxygen atoms in total. The maximum absolute atomic E-state index is 10.4. The fourth-order valence-electron chi connectivity index (χ4n) is 1.12. The summed E-state index contributed by atoms with van der Waals surface area (Å²) in [6.45, 7) is 1.50. The van der Waals surface area contributed by atoms with Crippen molar-refractivity contribution in [2.75, 3.05) is 27.2 Å². The summed E-state index contributed by atoms with van der Waals surface area (Å²) in [6, 6.07) is 2.89. The van der Waals surface area contributed by atoms with Crippen LogP contribution in [0.4, 0.5) is 5.69 Å². The first kappa shape index (κ1) is 12.4. The first-order valence-corrected chi connectivity index (χ1v) is 4.97.